The van der Waals surface area contributed by atoms with Crippen LogP contribution in [0.3, 0.4) is 0 Å². The van der Waals surface area contributed by atoms with E-state index in [9.17, 15) is 9.59 Å². The first-order valence-electron chi connectivity index (χ1n) is 16.2. The molecule has 0 spiro atoms. The summed E-state index contributed by atoms with van der Waals surface area (Å²) >= 11 is 1.48. The maximum Gasteiger partial charge on any atom is 0.411 e. The lowest BCUT2D eigenvalue weighted by Crippen LogP contribution is -2.40. The van der Waals surface area contributed by atoms with E-state index in [1.807, 2.05) is 62.0 Å². The molecule has 12 heteroatoms. The van der Waals surface area contributed by atoms with Crippen molar-refractivity contribution in [2.75, 3.05) is 25.0 Å². The summed E-state index contributed by atoms with van der Waals surface area (Å²) in [4.78, 5) is 38.9. The van der Waals surface area contributed by atoms with Crippen molar-refractivity contribution in [3.63, 3.8) is 0 Å². The summed E-state index contributed by atoms with van der Waals surface area (Å²) in [7, 11) is 0. The lowest BCUT2D eigenvalue weighted by Gasteiger charge is -2.26. The number of rotatable bonds is 5. The van der Waals surface area contributed by atoms with Gasteiger partial charge in [-0.1, -0.05) is 42.2 Å². The highest BCUT2D eigenvalue weighted by Crippen LogP contribution is 2.32. The fourth-order valence-corrected chi connectivity index (χ4v) is 6.92. The van der Waals surface area contributed by atoms with Crippen molar-refractivity contribution < 1.29 is 19.1 Å². The molecule has 2 fully saturated rings. The number of hydrogen-bond donors (Lipinski definition) is 1. The van der Waals surface area contributed by atoms with E-state index in [2.05, 4.69) is 56.5 Å². The Kier molecular flexibility index (Phi) is 8.62. The Morgan fingerprint density at radius 2 is 1.85 bits per heavy atom. The molecule has 2 aliphatic rings. The molecule has 5 aromatic rings. The number of fused-ring (bicyclic) bond motifs is 2. The van der Waals surface area contributed by atoms with Crippen LogP contribution in [0.1, 0.15) is 50.5 Å². The number of hydrogen-bond acceptors (Lipinski definition) is 9. The molecule has 2 aliphatic heterocycles. The molecular weight excluding hydrogens is 627 g/mol. The fraction of sp³-hybridized carbons (Fsp3) is 0.361. The second-order valence-electron chi connectivity index (χ2n) is 13.1. The van der Waals surface area contributed by atoms with Gasteiger partial charge in [-0.25, -0.2) is 19.6 Å². The highest BCUT2D eigenvalue weighted by atomic mass is 32.1. The summed E-state index contributed by atoms with van der Waals surface area (Å²) in [6.45, 7) is 7.81. The molecule has 1 N–H and O–H groups in total. The molecule has 2 amide bonds. The van der Waals surface area contributed by atoms with Crippen molar-refractivity contribution >= 4 is 56.1 Å². The van der Waals surface area contributed by atoms with Gasteiger partial charge < -0.3 is 19.7 Å². The monoisotopic (exact) mass is 663 g/mol. The van der Waals surface area contributed by atoms with Gasteiger partial charge in [-0.15, -0.1) is 11.3 Å². The van der Waals surface area contributed by atoms with Gasteiger partial charge in [0.25, 0.3) is 0 Å². The minimum absolute atomic E-state index is 0.231. The van der Waals surface area contributed by atoms with Crippen LogP contribution in [-0.2, 0) is 16.0 Å². The number of nitrogens with one attached hydrogen (secondary N) is 1. The molecule has 48 heavy (non-hydrogen) atoms. The standard InChI is InChI=1S/C36H37N7O4S/c1-36(2,3)47-35(45)42-22-28(46-34(44)41-15-7-8-16-41)18-27(42)12-13-29-19-30-32(48-29)33(38-23-37-30)40-26-11-14-31-25(17-26)20-39-43(31)21-24-9-5-4-6-10-24/h4-6,9-11,14,17,19-20,23,27-28H,7-8,15-16,18,21-22H2,1-3H3,(H,37,38,40)/t27-,28+/m0/s1. The van der Waals surface area contributed by atoms with Gasteiger partial charge in [0.1, 0.15) is 24.1 Å². The predicted molar refractivity (Wildman–Crippen MR) is 185 cm³/mol. The van der Waals surface area contributed by atoms with Gasteiger partial charge in [0.05, 0.1) is 39.9 Å². The number of likely N-dealkylation sites (tertiary alicyclic amines) is 2. The fourth-order valence-electron chi connectivity index (χ4n) is 6.00. The maximum atomic E-state index is 13.2. The number of carbonyl (C=O) groups excluding carboxylic acids is 2. The third kappa shape index (κ3) is 7.06. The molecule has 0 aliphatic carbocycles. The van der Waals surface area contributed by atoms with Gasteiger partial charge in [-0.2, -0.15) is 5.10 Å². The number of nitrogens with zero attached hydrogens (tertiary/aromatic N) is 6. The van der Waals surface area contributed by atoms with E-state index in [4.69, 9.17) is 9.47 Å². The first-order valence-corrected chi connectivity index (χ1v) is 17.0. The van der Waals surface area contributed by atoms with E-state index in [-0.39, 0.29) is 12.6 Å². The zero-order valence-electron chi connectivity index (χ0n) is 27.2. The highest BCUT2D eigenvalue weighted by molar-refractivity contribution is 7.20. The number of benzene rings is 2. The third-order valence-electron chi connectivity index (χ3n) is 8.28. The van der Waals surface area contributed by atoms with Gasteiger partial charge in [0, 0.05) is 30.6 Å². The van der Waals surface area contributed by atoms with Gasteiger partial charge in [-0.3, -0.25) is 9.58 Å². The van der Waals surface area contributed by atoms with E-state index in [0.29, 0.717) is 31.9 Å². The van der Waals surface area contributed by atoms with Crippen LogP contribution in [0.15, 0.2) is 67.1 Å². The van der Waals surface area contributed by atoms with Crippen LogP contribution in [0.5, 0.6) is 0 Å². The van der Waals surface area contributed by atoms with Crippen LogP contribution < -0.4 is 5.32 Å². The van der Waals surface area contributed by atoms with Crippen LogP contribution >= 0.6 is 11.3 Å². The largest absolute Gasteiger partial charge is 0.444 e. The smallest absolute Gasteiger partial charge is 0.411 e. The number of anilines is 2. The van der Waals surface area contributed by atoms with Gasteiger partial charge in [-0.05, 0) is 63.4 Å². The third-order valence-corrected chi connectivity index (χ3v) is 9.32. The summed E-state index contributed by atoms with van der Waals surface area (Å²) in [5.41, 5.74) is 3.23. The molecule has 2 saturated heterocycles. The Morgan fingerprint density at radius 3 is 2.65 bits per heavy atom. The van der Waals surface area contributed by atoms with E-state index in [1.54, 1.807) is 9.80 Å². The molecule has 2 atom stereocenters. The van der Waals surface area contributed by atoms with Crippen LogP contribution in [0.25, 0.3) is 21.1 Å². The molecule has 0 radical (unpaired) electrons. The van der Waals surface area contributed by atoms with Gasteiger partial charge in [0.15, 0.2) is 5.82 Å². The van der Waals surface area contributed by atoms with Crippen LogP contribution in [-0.4, -0.2) is 79.1 Å². The van der Waals surface area contributed by atoms with Crippen molar-refractivity contribution in [1.29, 1.82) is 0 Å². The molecule has 0 bridgehead atoms. The normalized spacial score (nSPS) is 17.8. The van der Waals surface area contributed by atoms with Crippen molar-refractivity contribution in [1.82, 2.24) is 29.5 Å². The minimum atomic E-state index is -0.667. The SMILES string of the molecule is CC(C)(C)OC(=O)N1C[C@H](OC(=O)N2CCCC2)C[C@@H]1C#Cc1cc2ncnc(Nc3ccc4c(cnn4Cc4ccccc4)c3)c2s1. The molecule has 11 nitrogen and oxygen atoms in total. The first-order chi connectivity index (χ1) is 23.2. The lowest BCUT2D eigenvalue weighted by atomic mass is 10.2. The molecule has 7 rings (SSSR count). The van der Waals surface area contributed by atoms with Crippen molar-refractivity contribution in [2.45, 2.75) is 64.3 Å². The lowest BCUT2D eigenvalue weighted by molar-refractivity contribution is 0.0219. The Balaban J connectivity index is 1.09. The molecule has 3 aromatic heterocycles. The summed E-state index contributed by atoms with van der Waals surface area (Å²) < 4.78 is 14.3. The van der Waals surface area contributed by atoms with Crippen molar-refractivity contribution in [2.24, 2.45) is 0 Å². The maximum absolute atomic E-state index is 13.2. The van der Waals surface area contributed by atoms with Crippen molar-refractivity contribution in [3.05, 3.63) is 77.6 Å². The molecule has 2 aromatic carbocycles. The Labute approximate surface area is 282 Å². The molecule has 5 heterocycles. The number of aromatic nitrogens is 4. The van der Waals surface area contributed by atoms with E-state index in [0.717, 1.165) is 44.5 Å². The van der Waals surface area contributed by atoms with Crippen LogP contribution in [0.4, 0.5) is 21.1 Å². The van der Waals surface area contributed by atoms with Crippen LogP contribution in [0, 0.1) is 11.8 Å². The summed E-state index contributed by atoms with van der Waals surface area (Å²) in [6, 6.07) is 17.9. The molecule has 246 valence electrons. The average molecular weight is 664 g/mol. The Morgan fingerprint density at radius 1 is 1.04 bits per heavy atom. The quantitative estimate of drug-likeness (QED) is 0.205. The first kappa shape index (κ1) is 31.4. The second-order valence-corrected chi connectivity index (χ2v) is 14.1. The minimum Gasteiger partial charge on any atom is -0.444 e. The molecule has 0 saturated carbocycles. The average Bonchev–Trinajstić information content (AvgIpc) is 3.87. The zero-order valence-corrected chi connectivity index (χ0v) is 28.0. The number of amides is 2. The summed E-state index contributed by atoms with van der Waals surface area (Å²) in [5, 5.41) is 9.08. The Hall–Kier alpha value is -5.15. The topological polar surface area (TPSA) is 115 Å². The van der Waals surface area contributed by atoms with E-state index >= 15 is 0 Å². The van der Waals surface area contributed by atoms with E-state index in [1.165, 1.54) is 23.2 Å². The summed E-state index contributed by atoms with van der Waals surface area (Å²) in [6.07, 6.45) is 4.50. The van der Waals surface area contributed by atoms with E-state index < -0.39 is 23.8 Å². The summed E-state index contributed by atoms with van der Waals surface area (Å²) in [5.74, 6) is 7.19. The molecular formula is C36H37N7O4S. The highest BCUT2D eigenvalue weighted by Gasteiger charge is 2.39. The van der Waals surface area contributed by atoms with Gasteiger partial charge >= 0.3 is 12.2 Å². The molecule has 0 unspecified atom stereocenters. The zero-order chi connectivity index (χ0) is 33.3. The van der Waals surface area contributed by atoms with Crippen molar-refractivity contribution in [3.8, 4) is 11.8 Å². The van der Waals surface area contributed by atoms with Gasteiger partial charge in [0.2, 0.25) is 0 Å². The number of carbonyl (C=O) groups is 2. The van der Waals surface area contributed by atoms with Crippen LogP contribution in [0.2, 0.25) is 0 Å². The number of thiophene rings is 1. The number of ether oxygens (including phenoxy) is 2. The Bertz CT molecular complexity index is 2020. The second kappa shape index (κ2) is 13.2. The predicted octanol–water partition coefficient (Wildman–Crippen LogP) is 6.79.